The molecule has 1 aromatic heterocycles. The lowest BCUT2D eigenvalue weighted by atomic mass is 9.93. The first-order valence-corrected chi connectivity index (χ1v) is 5.06. The van der Waals surface area contributed by atoms with Crippen molar-refractivity contribution in [2.45, 2.75) is 25.3 Å². The highest BCUT2D eigenvalue weighted by Crippen LogP contribution is 2.25. The number of aromatic nitrogens is 2. The van der Waals surface area contributed by atoms with Gasteiger partial charge in [0.2, 0.25) is 0 Å². The van der Waals surface area contributed by atoms with Crippen molar-refractivity contribution in [1.29, 1.82) is 0 Å². The van der Waals surface area contributed by atoms with Gasteiger partial charge in [-0.3, -0.25) is 4.79 Å². The average molecular weight is 244 g/mol. The summed E-state index contributed by atoms with van der Waals surface area (Å²) >= 11 is 3.22. The van der Waals surface area contributed by atoms with Gasteiger partial charge in [0.1, 0.15) is 4.47 Å². The lowest BCUT2D eigenvalue weighted by Gasteiger charge is -2.27. The molecule has 0 spiro atoms. The first kappa shape index (κ1) is 8.74. The molecule has 0 radical (unpaired) electrons. The average Bonchev–Trinajstić information content (AvgIpc) is 2.04. The first-order valence-electron chi connectivity index (χ1n) is 4.27. The molecule has 1 saturated carbocycles. The molecule has 2 N–H and O–H groups in total. The molecule has 0 aliphatic heterocycles. The Kier molecular flexibility index (Phi) is 2.35. The second-order valence-electron chi connectivity index (χ2n) is 3.20. The summed E-state index contributed by atoms with van der Waals surface area (Å²) in [6, 6.07) is 0.514. The van der Waals surface area contributed by atoms with Crippen molar-refractivity contribution >= 4 is 21.6 Å². The molecule has 1 aliphatic carbocycles. The minimum atomic E-state index is -0.190. The van der Waals surface area contributed by atoms with Crippen molar-refractivity contribution in [3.05, 3.63) is 21.0 Å². The third-order valence-corrected chi connectivity index (χ3v) is 3.05. The van der Waals surface area contributed by atoms with E-state index in [1.165, 1.54) is 19.3 Å². The lowest BCUT2D eigenvalue weighted by molar-refractivity contribution is 0.445. The number of aromatic amines is 1. The molecule has 4 nitrogen and oxygen atoms in total. The van der Waals surface area contributed by atoms with Crippen LogP contribution in [0.25, 0.3) is 0 Å². The highest BCUT2D eigenvalue weighted by molar-refractivity contribution is 9.10. The molecule has 70 valence electrons. The molecule has 1 aliphatic rings. The SMILES string of the molecule is O=c1[nH]ncc(NC2CCC2)c1Br. The highest BCUT2D eigenvalue weighted by atomic mass is 79.9. The van der Waals surface area contributed by atoms with E-state index in [1.54, 1.807) is 6.20 Å². The summed E-state index contributed by atoms with van der Waals surface area (Å²) in [6.07, 6.45) is 5.26. The quantitative estimate of drug-likeness (QED) is 0.828. The van der Waals surface area contributed by atoms with E-state index in [2.05, 4.69) is 31.4 Å². The topological polar surface area (TPSA) is 57.8 Å². The minimum Gasteiger partial charge on any atom is -0.380 e. The molecule has 1 fully saturated rings. The van der Waals surface area contributed by atoms with E-state index in [-0.39, 0.29) is 5.56 Å². The summed E-state index contributed by atoms with van der Waals surface area (Å²) < 4.78 is 0.536. The zero-order valence-electron chi connectivity index (χ0n) is 7.01. The predicted molar refractivity (Wildman–Crippen MR) is 53.8 cm³/mol. The molecule has 5 heteroatoms. The van der Waals surface area contributed by atoms with Crippen LogP contribution >= 0.6 is 15.9 Å². The van der Waals surface area contributed by atoms with Gasteiger partial charge in [-0.1, -0.05) is 0 Å². The molecule has 0 atom stereocenters. The van der Waals surface area contributed by atoms with Crippen molar-refractivity contribution < 1.29 is 0 Å². The van der Waals surface area contributed by atoms with Crippen LogP contribution in [0, 0.1) is 0 Å². The molecule has 13 heavy (non-hydrogen) atoms. The van der Waals surface area contributed by atoms with Crippen LogP contribution in [-0.2, 0) is 0 Å². The fourth-order valence-corrected chi connectivity index (χ4v) is 1.56. The Bertz CT molecular complexity index is 359. The van der Waals surface area contributed by atoms with E-state index in [1.807, 2.05) is 0 Å². The summed E-state index contributed by atoms with van der Waals surface area (Å²) in [7, 11) is 0. The molecule has 0 unspecified atom stereocenters. The molecule has 0 bridgehead atoms. The Morgan fingerprint density at radius 2 is 2.38 bits per heavy atom. The Hall–Kier alpha value is -0.840. The van der Waals surface area contributed by atoms with Gasteiger partial charge in [0.15, 0.2) is 0 Å². The summed E-state index contributed by atoms with van der Waals surface area (Å²) in [5, 5.41) is 9.34. The van der Waals surface area contributed by atoms with Gasteiger partial charge in [-0.25, -0.2) is 5.10 Å². The Balaban J connectivity index is 2.19. The summed E-state index contributed by atoms with van der Waals surface area (Å²) in [5.41, 5.74) is 0.595. The predicted octanol–water partition coefficient (Wildman–Crippen LogP) is 1.50. The van der Waals surface area contributed by atoms with Crippen molar-refractivity contribution in [2.24, 2.45) is 0 Å². The molecular weight excluding hydrogens is 234 g/mol. The fourth-order valence-electron chi connectivity index (χ4n) is 1.26. The van der Waals surface area contributed by atoms with Gasteiger partial charge >= 0.3 is 0 Å². The van der Waals surface area contributed by atoms with Gasteiger partial charge in [-0.2, -0.15) is 5.10 Å². The maximum atomic E-state index is 11.1. The number of halogens is 1. The van der Waals surface area contributed by atoms with Crippen LogP contribution in [0.15, 0.2) is 15.5 Å². The smallest absolute Gasteiger partial charge is 0.280 e. The number of hydrogen-bond donors (Lipinski definition) is 2. The second kappa shape index (κ2) is 3.49. The summed E-state index contributed by atoms with van der Waals surface area (Å²) in [6.45, 7) is 0. The molecule has 2 rings (SSSR count). The molecule has 1 aromatic rings. The second-order valence-corrected chi connectivity index (χ2v) is 3.99. The monoisotopic (exact) mass is 243 g/mol. The first-order chi connectivity index (χ1) is 6.27. The third kappa shape index (κ3) is 1.75. The maximum absolute atomic E-state index is 11.1. The Morgan fingerprint density at radius 1 is 1.62 bits per heavy atom. The van der Waals surface area contributed by atoms with E-state index in [0.29, 0.717) is 10.5 Å². The van der Waals surface area contributed by atoms with E-state index >= 15 is 0 Å². The van der Waals surface area contributed by atoms with Gasteiger partial charge in [-0.15, -0.1) is 0 Å². The van der Waals surface area contributed by atoms with Crippen LogP contribution in [0.5, 0.6) is 0 Å². The lowest BCUT2D eigenvalue weighted by Crippen LogP contribution is -2.28. The third-order valence-electron chi connectivity index (χ3n) is 2.26. The van der Waals surface area contributed by atoms with Gasteiger partial charge in [-0.05, 0) is 35.2 Å². The number of anilines is 1. The highest BCUT2D eigenvalue weighted by Gasteiger charge is 2.18. The fraction of sp³-hybridized carbons (Fsp3) is 0.500. The Labute approximate surface area is 83.9 Å². The van der Waals surface area contributed by atoms with Gasteiger partial charge in [0, 0.05) is 6.04 Å². The summed E-state index contributed by atoms with van der Waals surface area (Å²) in [5.74, 6) is 0. The van der Waals surface area contributed by atoms with Crippen LogP contribution in [0.2, 0.25) is 0 Å². The van der Waals surface area contributed by atoms with Crippen molar-refractivity contribution in [3.63, 3.8) is 0 Å². The number of H-pyrrole nitrogens is 1. The molecular formula is C8H10BrN3O. The maximum Gasteiger partial charge on any atom is 0.280 e. The zero-order valence-corrected chi connectivity index (χ0v) is 8.60. The molecule has 0 amide bonds. The van der Waals surface area contributed by atoms with Gasteiger partial charge in [0.25, 0.3) is 5.56 Å². The van der Waals surface area contributed by atoms with Crippen molar-refractivity contribution in [2.75, 3.05) is 5.32 Å². The van der Waals surface area contributed by atoms with Gasteiger partial charge < -0.3 is 5.32 Å². The van der Waals surface area contributed by atoms with Crippen LogP contribution in [0.3, 0.4) is 0 Å². The molecule has 1 heterocycles. The number of hydrogen-bond acceptors (Lipinski definition) is 3. The van der Waals surface area contributed by atoms with Crippen molar-refractivity contribution in [1.82, 2.24) is 10.2 Å². The normalized spacial score (nSPS) is 16.7. The van der Waals surface area contributed by atoms with Crippen molar-refractivity contribution in [3.8, 4) is 0 Å². The van der Waals surface area contributed by atoms with Crippen LogP contribution < -0.4 is 10.9 Å². The largest absolute Gasteiger partial charge is 0.380 e. The van der Waals surface area contributed by atoms with E-state index < -0.39 is 0 Å². The van der Waals surface area contributed by atoms with E-state index in [0.717, 1.165) is 5.69 Å². The zero-order chi connectivity index (χ0) is 9.26. The summed E-state index contributed by atoms with van der Waals surface area (Å²) in [4.78, 5) is 11.1. The van der Waals surface area contributed by atoms with Crippen LogP contribution in [0.4, 0.5) is 5.69 Å². The number of rotatable bonds is 2. The van der Waals surface area contributed by atoms with E-state index in [4.69, 9.17) is 0 Å². The standard InChI is InChI=1S/C8H10BrN3O/c9-7-6(4-10-12-8(7)13)11-5-2-1-3-5/h4-5H,1-3H2,(H2,11,12,13). The minimum absolute atomic E-state index is 0.190. The van der Waals surface area contributed by atoms with E-state index in [9.17, 15) is 4.79 Å². The van der Waals surface area contributed by atoms with Crippen LogP contribution in [-0.4, -0.2) is 16.2 Å². The Morgan fingerprint density at radius 3 is 3.00 bits per heavy atom. The van der Waals surface area contributed by atoms with Gasteiger partial charge in [0.05, 0.1) is 11.9 Å². The number of nitrogens with zero attached hydrogens (tertiary/aromatic N) is 1. The molecule has 0 saturated heterocycles. The van der Waals surface area contributed by atoms with Crippen LogP contribution in [0.1, 0.15) is 19.3 Å². The molecule has 0 aromatic carbocycles. The number of nitrogens with one attached hydrogen (secondary N) is 2.